The maximum Gasteiger partial charge on any atom is 0.310 e. The number of ether oxygens (including phenoxy) is 1. The Hall–Kier alpha value is -2.05. The first kappa shape index (κ1) is 16.8. The Bertz CT molecular complexity index is 790. The maximum absolute atomic E-state index is 12.1. The first-order valence-corrected chi connectivity index (χ1v) is 9.49. The van der Waals surface area contributed by atoms with Gasteiger partial charge in [0.25, 0.3) is 0 Å². The smallest absolute Gasteiger partial charge is 0.310 e. The minimum Gasteiger partial charge on any atom is -0.497 e. The highest BCUT2D eigenvalue weighted by atomic mass is 32.2. The molecule has 2 aromatic rings. The van der Waals surface area contributed by atoms with Gasteiger partial charge in [0.05, 0.1) is 12.9 Å². The summed E-state index contributed by atoms with van der Waals surface area (Å²) in [5.41, 5.74) is 2.50. The van der Waals surface area contributed by atoms with Crippen LogP contribution in [0.15, 0.2) is 48.5 Å². The van der Waals surface area contributed by atoms with Gasteiger partial charge in [-0.25, -0.2) is 0 Å². The molecule has 0 atom stereocenters. The van der Waals surface area contributed by atoms with Crippen LogP contribution in [0.2, 0.25) is 0 Å². The van der Waals surface area contributed by atoms with Crippen LogP contribution in [-0.4, -0.2) is 39.3 Å². The van der Waals surface area contributed by atoms with Crippen molar-refractivity contribution >= 4 is 10.1 Å². The second-order valence-electron chi connectivity index (χ2n) is 5.82. The van der Waals surface area contributed by atoms with Crippen molar-refractivity contribution in [3.05, 3.63) is 59.7 Å². The van der Waals surface area contributed by atoms with Crippen molar-refractivity contribution in [3.8, 4) is 11.5 Å². The Morgan fingerprint density at radius 2 is 1.83 bits per heavy atom. The largest absolute Gasteiger partial charge is 0.497 e. The Morgan fingerprint density at radius 3 is 2.58 bits per heavy atom. The zero-order chi connectivity index (χ0) is 17.0. The topological polar surface area (TPSA) is 55.8 Å². The molecule has 0 aromatic heterocycles. The van der Waals surface area contributed by atoms with Gasteiger partial charge in [0.15, 0.2) is 0 Å². The molecular formula is C18H21NO4S. The van der Waals surface area contributed by atoms with Gasteiger partial charge in [0, 0.05) is 19.6 Å². The van der Waals surface area contributed by atoms with Crippen LogP contribution in [0.5, 0.6) is 11.5 Å². The molecule has 0 fully saturated rings. The summed E-state index contributed by atoms with van der Waals surface area (Å²) in [6, 6.07) is 14.7. The summed E-state index contributed by atoms with van der Waals surface area (Å²) in [4.78, 5) is 2.13. The standard InChI is InChI=1S/C18H21NO4S/c1-22-18-8-7-15-9-10-19(14-16(15)13-18)11-12-24(20,21)23-17-5-3-2-4-6-17/h2-8,13H,9-12,14H2,1H3. The average molecular weight is 347 g/mol. The fourth-order valence-corrected chi connectivity index (χ4v) is 3.78. The molecule has 128 valence electrons. The van der Waals surface area contributed by atoms with Gasteiger partial charge < -0.3 is 8.92 Å². The summed E-state index contributed by atoms with van der Waals surface area (Å²) in [5.74, 6) is 1.16. The lowest BCUT2D eigenvalue weighted by molar-refractivity contribution is 0.266. The number of fused-ring (bicyclic) bond motifs is 1. The number of benzene rings is 2. The molecule has 0 saturated heterocycles. The predicted molar refractivity (Wildman–Crippen MR) is 92.8 cm³/mol. The Morgan fingerprint density at radius 1 is 1.04 bits per heavy atom. The van der Waals surface area contributed by atoms with Gasteiger partial charge in [-0.05, 0) is 41.8 Å². The summed E-state index contributed by atoms with van der Waals surface area (Å²) in [7, 11) is -1.94. The molecule has 0 aliphatic carbocycles. The van der Waals surface area contributed by atoms with E-state index in [-0.39, 0.29) is 5.75 Å². The van der Waals surface area contributed by atoms with Crippen LogP contribution >= 0.6 is 0 Å². The lowest BCUT2D eigenvalue weighted by Crippen LogP contribution is -2.35. The van der Waals surface area contributed by atoms with E-state index in [0.29, 0.717) is 12.3 Å². The molecule has 6 heteroatoms. The van der Waals surface area contributed by atoms with E-state index in [9.17, 15) is 8.42 Å². The molecule has 1 heterocycles. The molecule has 0 amide bonds. The number of rotatable bonds is 6. The number of methoxy groups -OCH3 is 1. The molecular weight excluding hydrogens is 326 g/mol. The van der Waals surface area contributed by atoms with Crippen LogP contribution < -0.4 is 8.92 Å². The van der Waals surface area contributed by atoms with E-state index in [1.165, 1.54) is 11.1 Å². The SMILES string of the molecule is COc1ccc2c(c1)CN(CCS(=O)(=O)Oc1ccccc1)CC2. The number of para-hydroxylation sites is 1. The van der Waals surface area contributed by atoms with E-state index in [1.807, 2.05) is 18.2 Å². The molecule has 3 rings (SSSR count). The Kier molecular flexibility index (Phi) is 5.06. The lowest BCUT2D eigenvalue weighted by atomic mass is 9.99. The fraction of sp³-hybridized carbons (Fsp3) is 0.333. The summed E-state index contributed by atoms with van der Waals surface area (Å²) in [6.07, 6.45) is 0.916. The van der Waals surface area contributed by atoms with E-state index >= 15 is 0 Å². The molecule has 0 N–H and O–H groups in total. The van der Waals surface area contributed by atoms with Gasteiger partial charge in [-0.1, -0.05) is 24.3 Å². The number of hydrogen-bond donors (Lipinski definition) is 0. The molecule has 0 unspecified atom stereocenters. The van der Waals surface area contributed by atoms with Crippen molar-refractivity contribution in [1.82, 2.24) is 4.90 Å². The molecule has 0 radical (unpaired) electrons. The third-order valence-corrected chi connectivity index (χ3v) is 5.26. The zero-order valence-corrected chi connectivity index (χ0v) is 14.5. The van der Waals surface area contributed by atoms with Crippen molar-refractivity contribution in [3.63, 3.8) is 0 Å². The van der Waals surface area contributed by atoms with Crippen molar-refractivity contribution < 1.29 is 17.3 Å². The molecule has 0 spiro atoms. The van der Waals surface area contributed by atoms with Gasteiger partial charge >= 0.3 is 10.1 Å². The quantitative estimate of drug-likeness (QED) is 0.752. The van der Waals surface area contributed by atoms with Crippen molar-refractivity contribution in [2.45, 2.75) is 13.0 Å². The normalized spacial score (nSPS) is 14.9. The van der Waals surface area contributed by atoms with Crippen LogP contribution in [0.4, 0.5) is 0 Å². The van der Waals surface area contributed by atoms with E-state index in [0.717, 1.165) is 25.3 Å². The third-order valence-electron chi connectivity index (χ3n) is 4.13. The second-order valence-corrected chi connectivity index (χ2v) is 7.51. The lowest BCUT2D eigenvalue weighted by Gasteiger charge is -2.28. The maximum atomic E-state index is 12.1. The minimum atomic E-state index is -3.59. The number of hydrogen-bond acceptors (Lipinski definition) is 5. The number of nitrogens with zero attached hydrogens (tertiary/aromatic N) is 1. The fourth-order valence-electron chi connectivity index (χ4n) is 2.81. The highest BCUT2D eigenvalue weighted by molar-refractivity contribution is 7.87. The Labute approximate surface area is 142 Å². The monoisotopic (exact) mass is 347 g/mol. The molecule has 1 aliphatic rings. The summed E-state index contributed by atoms with van der Waals surface area (Å²) in [5, 5.41) is 0. The van der Waals surface area contributed by atoms with Crippen molar-refractivity contribution in [2.24, 2.45) is 0 Å². The first-order valence-electron chi connectivity index (χ1n) is 7.91. The molecule has 0 saturated carbocycles. The van der Waals surface area contributed by atoms with Crippen LogP contribution in [0.1, 0.15) is 11.1 Å². The average Bonchev–Trinajstić information content (AvgIpc) is 2.60. The summed E-state index contributed by atoms with van der Waals surface area (Å²) in [6.45, 7) is 2.03. The predicted octanol–water partition coefficient (Wildman–Crippen LogP) is 2.46. The molecule has 2 aromatic carbocycles. The Balaban J connectivity index is 1.59. The molecule has 0 bridgehead atoms. The van der Waals surface area contributed by atoms with Gasteiger partial charge in [-0.15, -0.1) is 0 Å². The molecule has 5 nitrogen and oxygen atoms in total. The summed E-state index contributed by atoms with van der Waals surface area (Å²) >= 11 is 0. The van der Waals surface area contributed by atoms with Gasteiger partial charge in [-0.2, -0.15) is 8.42 Å². The van der Waals surface area contributed by atoms with Crippen LogP contribution in [-0.2, 0) is 23.1 Å². The van der Waals surface area contributed by atoms with Crippen molar-refractivity contribution in [2.75, 3.05) is 26.0 Å². The first-order chi connectivity index (χ1) is 11.6. The highest BCUT2D eigenvalue weighted by Crippen LogP contribution is 2.23. The van der Waals surface area contributed by atoms with Crippen molar-refractivity contribution in [1.29, 1.82) is 0 Å². The van der Waals surface area contributed by atoms with E-state index < -0.39 is 10.1 Å². The molecule has 24 heavy (non-hydrogen) atoms. The van der Waals surface area contributed by atoms with E-state index in [2.05, 4.69) is 11.0 Å². The van der Waals surface area contributed by atoms with Crippen LogP contribution in [0, 0.1) is 0 Å². The minimum absolute atomic E-state index is 0.0266. The van der Waals surface area contributed by atoms with Gasteiger partial charge in [0.2, 0.25) is 0 Å². The third kappa shape index (κ3) is 4.27. The van der Waals surface area contributed by atoms with E-state index in [1.54, 1.807) is 31.4 Å². The summed E-state index contributed by atoms with van der Waals surface area (Å²) < 4.78 is 34.6. The van der Waals surface area contributed by atoms with Gasteiger partial charge in [-0.3, -0.25) is 4.90 Å². The highest BCUT2D eigenvalue weighted by Gasteiger charge is 2.20. The van der Waals surface area contributed by atoms with E-state index in [4.69, 9.17) is 8.92 Å². The van der Waals surface area contributed by atoms with Gasteiger partial charge in [0.1, 0.15) is 11.5 Å². The second kappa shape index (κ2) is 7.23. The van der Waals surface area contributed by atoms with Crippen LogP contribution in [0.3, 0.4) is 0 Å². The van der Waals surface area contributed by atoms with Crippen LogP contribution in [0.25, 0.3) is 0 Å². The molecule has 1 aliphatic heterocycles. The zero-order valence-electron chi connectivity index (χ0n) is 13.6.